The SMILES string of the molecule is CCCCc1sc(S(N)(=O)=O)c(C)c1CC. The van der Waals surface area contributed by atoms with E-state index in [2.05, 4.69) is 13.8 Å². The second-order valence-electron chi connectivity index (χ2n) is 3.92. The lowest BCUT2D eigenvalue weighted by atomic mass is 10.1. The Morgan fingerprint density at radius 2 is 1.94 bits per heavy atom. The van der Waals surface area contributed by atoms with Crippen molar-refractivity contribution in [1.82, 2.24) is 0 Å². The van der Waals surface area contributed by atoms with Crippen LogP contribution < -0.4 is 5.14 Å². The van der Waals surface area contributed by atoms with Crippen molar-refractivity contribution in [3.63, 3.8) is 0 Å². The Bertz CT molecular complexity index is 461. The van der Waals surface area contributed by atoms with Gasteiger partial charge in [0, 0.05) is 4.88 Å². The number of thiophene rings is 1. The first-order valence-corrected chi connectivity index (χ1v) is 7.92. The molecule has 1 aromatic rings. The maximum atomic E-state index is 11.4. The van der Waals surface area contributed by atoms with Crippen molar-refractivity contribution in [2.24, 2.45) is 5.14 Å². The summed E-state index contributed by atoms with van der Waals surface area (Å²) in [6, 6.07) is 0. The van der Waals surface area contributed by atoms with Gasteiger partial charge in [0.05, 0.1) is 0 Å². The number of hydrogen-bond donors (Lipinski definition) is 1. The van der Waals surface area contributed by atoms with Gasteiger partial charge in [0.1, 0.15) is 4.21 Å². The molecule has 0 saturated heterocycles. The summed E-state index contributed by atoms with van der Waals surface area (Å²) in [5, 5.41) is 5.21. The summed E-state index contributed by atoms with van der Waals surface area (Å²) in [5.41, 5.74) is 2.02. The molecule has 0 amide bonds. The predicted molar refractivity (Wildman–Crippen MR) is 68.4 cm³/mol. The molecular formula is C11H19NO2S2. The molecule has 1 rings (SSSR count). The number of aryl methyl sites for hydroxylation is 1. The largest absolute Gasteiger partial charge is 0.247 e. The van der Waals surface area contributed by atoms with Crippen molar-refractivity contribution in [2.45, 2.75) is 50.7 Å². The van der Waals surface area contributed by atoms with Gasteiger partial charge < -0.3 is 0 Å². The van der Waals surface area contributed by atoms with Gasteiger partial charge in [0.15, 0.2) is 0 Å². The second kappa shape index (κ2) is 5.29. The van der Waals surface area contributed by atoms with Crippen LogP contribution in [-0.2, 0) is 22.9 Å². The Morgan fingerprint density at radius 1 is 1.31 bits per heavy atom. The number of primary sulfonamides is 1. The summed E-state index contributed by atoms with van der Waals surface area (Å²) in [5.74, 6) is 0. The molecule has 3 nitrogen and oxygen atoms in total. The molecule has 1 heterocycles. The van der Waals surface area contributed by atoms with Crippen LogP contribution in [0.4, 0.5) is 0 Å². The number of sulfonamides is 1. The van der Waals surface area contributed by atoms with Gasteiger partial charge >= 0.3 is 0 Å². The van der Waals surface area contributed by atoms with Gasteiger partial charge in [0.25, 0.3) is 0 Å². The molecule has 2 N–H and O–H groups in total. The summed E-state index contributed by atoms with van der Waals surface area (Å²) in [4.78, 5) is 1.19. The molecule has 0 unspecified atom stereocenters. The second-order valence-corrected chi connectivity index (χ2v) is 6.78. The zero-order valence-corrected chi connectivity index (χ0v) is 11.7. The van der Waals surface area contributed by atoms with Crippen molar-refractivity contribution >= 4 is 21.4 Å². The maximum absolute atomic E-state index is 11.4. The third-order valence-electron chi connectivity index (χ3n) is 2.68. The van der Waals surface area contributed by atoms with Gasteiger partial charge in [-0.1, -0.05) is 20.3 Å². The van der Waals surface area contributed by atoms with E-state index in [1.807, 2.05) is 6.92 Å². The molecule has 0 aliphatic carbocycles. The minimum absolute atomic E-state index is 0.343. The minimum atomic E-state index is -3.55. The molecule has 0 radical (unpaired) electrons. The van der Waals surface area contributed by atoms with Crippen LogP contribution in [0.25, 0.3) is 0 Å². The van der Waals surface area contributed by atoms with Gasteiger partial charge in [-0.25, -0.2) is 13.6 Å². The Hall–Kier alpha value is -0.390. The number of rotatable bonds is 5. The van der Waals surface area contributed by atoms with Crippen LogP contribution in [0.2, 0.25) is 0 Å². The topological polar surface area (TPSA) is 60.2 Å². The van der Waals surface area contributed by atoms with E-state index >= 15 is 0 Å². The molecule has 0 atom stereocenters. The van der Waals surface area contributed by atoms with Crippen molar-refractivity contribution < 1.29 is 8.42 Å². The van der Waals surface area contributed by atoms with Gasteiger partial charge in [0.2, 0.25) is 10.0 Å². The number of unbranched alkanes of at least 4 members (excludes halogenated alkanes) is 1. The highest BCUT2D eigenvalue weighted by atomic mass is 32.2. The monoisotopic (exact) mass is 261 g/mol. The lowest BCUT2D eigenvalue weighted by Gasteiger charge is -2.00. The smallest absolute Gasteiger partial charge is 0.224 e. The molecular weight excluding hydrogens is 242 g/mol. The third kappa shape index (κ3) is 2.84. The molecule has 0 spiro atoms. The first kappa shape index (κ1) is 13.7. The highest BCUT2D eigenvalue weighted by Crippen LogP contribution is 2.32. The van der Waals surface area contributed by atoms with Crippen molar-refractivity contribution in [3.05, 3.63) is 16.0 Å². The van der Waals surface area contributed by atoms with Crippen molar-refractivity contribution in [3.8, 4) is 0 Å². The van der Waals surface area contributed by atoms with Crippen LogP contribution in [0.15, 0.2) is 4.21 Å². The molecule has 0 fully saturated rings. The van der Waals surface area contributed by atoms with E-state index in [1.165, 1.54) is 21.8 Å². The van der Waals surface area contributed by atoms with Crippen molar-refractivity contribution in [2.75, 3.05) is 0 Å². The molecule has 1 aromatic heterocycles. The summed E-state index contributed by atoms with van der Waals surface area (Å²) in [6.45, 7) is 6.04. The quantitative estimate of drug-likeness (QED) is 0.885. The third-order valence-corrected chi connectivity index (χ3v) is 5.64. The minimum Gasteiger partial charge on any atom is -0.224 e. The molecule has 16 heavy (non-hydrogen) atoms. The summed E-state index contributed by atoms with van der Waals surface area (Å²) >= 11 is 1.34. The Morgan fingerprint density at radius 3 is 2.38 bits per heavy atom. The fourth-order valence-electron chi connectivity index (χ4n) is 1.86. The average molecular weight is 261 g/mol. The van der Waals surface area contributed by atoms with Gasteiger partial charge in [-0.05, 0) is 37.3 Å². The van der Waals surface area contributed by atoms with Gasteiger partial charge in [-0.15, -0.1) is 11.3 Å². The molecule has 0 aliphatic rings. The van der Waals surface area contributed by atoms with Crippen LogP contribution in [0, 0.1) is 6.92 Å². The normalized spacial score (nSPS) is 12.0. The molecule has 0 aromatic carbocycles. The summed E-state index contributed by atoms with van der Waals surface area (Å²) in [6.07, 6.45) is 4.04. The van der Waals surface area contributed by atoms with Gasteiger partial charge in [-0.3, -0.25) is 0 Å². The first-order chi connectivity index (χ1) is 7.41. The average Bonchev–Trinajstić information content (AvgIpc) is 2.51. The highest BCUT2D eigenvalue weighted by Gasteiger charge is 2.20. The zero-order chi connectivity index (χ0) is 12.3. The van der Waals surface area contributed by atoms with Crippen LogP contribution >= 0.6 is 11.3 Å². The molecule has 0 aliphatic heterocycles. The number of nitrogens with two attached hydrogens (primary N) is 1. The first-order valence-electron chi connectivity index (χ1n) is 5.55. The van der Waals surface area contributed by atoms with E-state index < -0.39 is 10.0 Å². The van der Waals surface area contributed by atoms with Gasteiger partial charge in [-0.2, -0.15) is 0 Å². The summed E-state index contributed by atoms with van der Waals surface area (Å²) < 4.78 is 23.1. The van der Waals surface area contributed by atoms with E-state index in [-0.39, 0.29) is 0 Å². The molecule has 0 saturated carbocycles. The lowest BCUT2D eigenvalue weighted by Crippen LogP contribution is -2.11. The molecule has 92 valence electrons. The lowest BCUT2D eigenvalue weighted by molar-refractivity contribution is 0.599. The number of hydrogen-bond acceptors (Lipinski definition) is 3. The van der Waals surface area contributed by atoms with E-state index in [1.54, 1.807) is 0 Å². The Kier molecular flexibility index (Phi) is 4.52. The molecule has 0 bridgehead atoms. The van der Waals surface area contributed by atoms with E-state index in [0.29, 0.717) is 4.21 Å². The fraction of sp³-hybridized carbons (Fsp3) is 0.636. The fourth-order valence-corrected chi connectivity index (χ4v) is 4.34. The highest BCUT2D eigenvalue weighted by molar-refractivity contribution is 7.91. The zero-order valence-electron chi connectivity index (χ0n) is 10.0. The summed E-state index contributed by atoms with van der Waals surface area (Å²) in [7, 11) is -3.55. The standard InChI is InChI=1S/C11H19NO2S2/c1-4-6-7-10-9(5-2)8(3)11(15-10)16(12,13)14/h4-7H2,1-3H3,(H2,12,13,14). The van der Waals surface area contributed by atoms with Crippen LogP contribution in [0.3, 0.4) is 0 Å². The van der Waals surface area contributed by atoms with E-state index in [0.717, 1.165) is 31.2 Å². The maximum Gasteiger partial charge on any atom is 0.247 e. The van der Waals surface area contributed by atoms with Crippen LogP contribution in [0.1, 0.15) is 42.7 Å². The van der Waals surface area contributed by atoms with Crippen molar-refractivity contribution in [1.29, 1.82) is 0 Å². The van der Waals surface area contributed by atoms with E-state index in [9.17, 15) is 8.42 Å². The molecule has 5 heteroatoms. The Labute approximate surface area is 102 Å². The van der Waals surface area contributed by atoms with Crippen LogP contribution in [-0.4, -0.2) is 8.42 Å². The Balaban J connectivity index is 3.20. The van der Waals surface area contributed by atoms with Crippen LogP contribution in [0.5, 0.6) is 0 Å². The predicted octanol–water partition coefficient (Wildman–Crippen LogP) is 2.61. The van der Waals surface area contributed by atoms with E-state index in [4.69, 9.17) is 5.14 Å².